The van der Waals surface area contributed by atoms with Crippen molar-refractivity contribution in [1.82, 2.24) is 0 Å². The molecule has 0 amide bonds. The second kappa shape index (κ2) is 4.46. The molecule has 0 fully saturated rings. The molecule has 0 bridgehead atoms. The number of rotatable bonds is 2. The molecule has 5 nitrogen and oxygen atoms in total. The normalized spacial score (nSPS) is 12.2. The van der Waals surface area contributed by atoms with Crippen LogP contribution in [0.2, 0.25) is 0 Å². The summed E-state index contributed by atoms with van der Waals surface area (Å²) in [5.74, 6) is -0.186. The van der Waals surface area contributed by atoms with Crippen LogP contribution in [0.5, 0.6) is 5.75 Å². The Hall–Kier alpha value is -1.40. The molecule has 6 heteroatoms. The van der Waals surface area contributed by atoms with Gasteiger partial charge in [-0.1, -0.05) is 0 Å². The number of esters is 1. The van der Waals surface area contributed by atoms with Crippen LogP contribution in [0.1, 0.15) is 20.8 Å². The fraction of sp³-hybridized carbons (Fsp3) is 0.364. The highest BCUT2D eigenvalue weighted by molar-refractivity contribution is 7.85. The standard InChI is InChI=1S/C11H14O5S/c1-11(2,3)10(12)16-8-4-6-9(7-5-8)17(13,14)15/h4-7H,1-3H3,(H,13,14,15). The van der Waals surface area contributed by atoms with Crippen LogP contribution in [0.25, 0.3) is 0 Å². The van der Waals surface area contributed by atoms with E-state index in [1.54, 1.807) is 20.8 Å². The average molecular weight is 258 g/mol. The Balaban J connectivity index is 2.87. The molecule has 0 saturated heterocycles. The third-order valence-corrected chi connectivity index (χ3v) is 2.81. The zero-order valence-corrected chi connectivity index (χ0v) is 10.6. The zero-order valence-electron chi connectivity index (χ0n) is 9.80. The summed E-state index contributed by atoms with van der Waals surface area (Å²) in [7, 11) is -4.22. The monoisotopic (exact) mass is 258 g/mol. The maximum absolute atomic E-state index is 11.5. The first kappa shape index (κ1) is 13.7. The molecule has 0 heterocycles. The van der Waals surface area contributed by atoms with Crippen molar-refractivity contribution in [3.05, 3.63) is 24.3 Å². The topological polar surface area (TPSA) is 80.7 Å². The van der Waals surface area contributed by atoms with Crippen LogP contribution in [0.4, 0.5) is 0 Å². The highest BCUT2D eigenvalue weighted by Gasteiger charge is 2.23. The number of benzene rings is 1. The van der Waals surface area contributed by atoms with E-state index in [-0.39, 0.29) is 10.6 Å². The lowest BCUT2D eigenvalue weighted by molar-refractivity contribution is -0.142. The summed E-state index contributed by atoms with van der Waals surface area (Å²) in [4.78, 5) is 11.3. The van der Waals surface area contributed by atoms with Gasteiger partial charge in [0.25, 0.3) is 10.1 Å². The van der Waals surface area contributed by atoms with E-state index >= 15 is 0 Å². The fourth-order valence-electron chi connectivity index (χ4n) is 0.940. The van der Waals surface area contributed by atoms with Crippen LogP contribution >= 0.6 is 0 Å². The first-order chi connectivity index (χ1) is 7.60. The van der Waals surface area contributed by atoms with E-state index in [1.165, 1.54) is 24.3 Å². The molecule has 1 aromatic carbocycles. The number of ether oxygens (including phenoxy) is 1. The van der Waals surface area contributed by atoms with E-state index in [9.17, 15) is 13.2 Å². The molecular formula is C11H14O5S. The minimum absolute atomic E-state index is 0.234. The molecule has 0 atom stereocenters. The molecule has 0 radical (unpaired) electrons. The molecule has 0 spiro atoms. The van der Waals surface area contributed by atoms with Gasteiger partial charge in [-0.3, -0.25) is 9.35 Å². The summed E-state index contributed by atoms with van der Waals surface area (Å²) in [5, 5.41) is 0. The quantitative estimate of drug-likeness (QED) is 0.497. The molecule has 0 aromatic heterocycles. The maximum atomic E-state index is 11.5. The van der Waals surface area contributed by atoms with Crippen LogP contribution in [0.3, 0.4) is 0 Å². The molecule has 17 heavy (non-hydrogen) atoms. The van der Waals surface area contributed by atoms with Gasteiger partial charge >= 0.3 is 5.97 Å². The molecule has 0 aliphatic carbocycles. The average Bonchev–Trinajstić information content (AvgIpc) is 2.15. The first-order valence-electron chi connectivity index (χ1n) is 4.90. The van der Waals surface area contributed by atoms with E-state index in [2.05, 4.69) is 0 Å². The smallest absolute Gasteiger partial charge is 0.316 e. The van der Waals surface area contributed by atoms with Gasteiger partial charge in [0.05, 0.1) is 10.3 Å². The summed E-state index contributed by atoms with van der Waals surface area (Å²) < 4.78 is 35.3. The van der Waals surface area contributed by atoms with Gasteiger partial charge in [-0.05, 0) is 45.0 Å². The lowest BCUT2D eigenvalue weighted by Gasteiger charge is -2.16. The molecule has 0 aliphatic rings. The van der Waals surface area contributed by atoms with Gasteiger partial charge in [-0.25, -0.2) is 0 Å². The van der Waals surface area contributed by atoms with Crippen molar-refractivity contribution in [3.63, 3.8) is 0 Å². The Kier molecular flexibility index (Phi) is 3.59. The van der Waals surface area contributed by atoms with Crippen LogP contribution in [-0.2, 0) is 14.9 Å². The highest BCUT2D eigenvalue weighted by atomic mass is 32.2. The minimum atomic E-state index is -4.22. The van der Waals surface area contributed by atoms with Gasteiger partial charge in [-0.15, -0.1) is 0 Å². The van der Waals surface area contributed by atoms with E-state index in [0.29, 0.717) is 0 Å². The van der Waals surface area contributed by atoms with Crippen LogP contribution in [-0.4, -0.2) is 18.9 Å². The SMILES string of the molecule is CC(C)(C)C(=O)Oc1ccc(S(=O)(=O)O)cc1. The van der Waals surface area contributed by atoms with Crippen molar-refractivity contribution in [2.45, 2.75) is 25.7 Å². The van der Waals surface area contributed by atoms with E-state index in [1.807, 2.05) is 0 Å². The van der Waals surface area contributed by atoms with E-state index in [0.717, 1.165) is 0 Å². The van der Waals surface area contributed by atoms with Crippen molar-refractivity contribution < 1.29 is 22.5 Å². The van der Waals surface area contributed by atoms with Gasteiger partial charge in [0.1, 0.15) is 5.75 Å². The second-order valence-corrected chi connectivity index (χ2v) is 6.01. The van der Waals surface area contributed by atoms with Crippen molar-refractivity contribution in [3.8, 4) is 5.75 Å². The van der Waals surface area contributed by atoms with Crippen LogP contribution in [0, 0.1) is 5.41 Å². The van der Waals surface area contributed by atoms with Crippen molar-refractivity contribution in [2.75, 3.05) is 0 Å². The Bertz CT molecular complexity index is 508. The molecule has 0 aliphatic heterocycles. The number of hydrogen-bond acceptors (Lipinski definition) is 4. The molecule has 1 aromatic rings. The summed E-state index contributed by atoms with van der Waals surface area (Å²) in [5.41, 5.74) is -0.637. The Labute approximate surface area is 100 Å². The van der Waals surface area contributed by atoms with Gasteiger partial charge < -0.3 is 4.74 Å². The first-order valence-corrected chi connectivity index (χ1v) is 6.34. The predicted octanol–water partition coefficient (Wildman–Crippen LogP) is 1.88. The molecular weight excluding hydrogens is 244 g/mol. The molecule has 94 valence electrons. The summed E-state index contributed by atoms with van der Waals surface area (Å²) in [6.45, 7) is 5.13. The maximum Gasteiger partial charge on any atom is 0.316 e. The van der Waals surface area contributed by atoms with Crippen molar-refractivity contribution in [2.24, 2.45) is 5.41 Å². The van der Waals surface area contributed by atoms with Gasteiger partial charge in [-0.2, -0.15) is 8.42 Å². The zero-order chi connectivity index (χ0) is 13.3. The largest absolute Gasteiger partial charge is 0.426 e. The highest BCUT2D eigenvalue weighted by Crippen LogP contribution is 2.20. The Morgan fingerprint density at radius 1 is 1.18 bits per heavy atom. The summed E-state index contributed by atoms with van der Waals surface area (Å²) >= 11 is 0. The lowest BCUT2D eigenvalue weighted by atomic mass is 9.97. The molecule has 1 N–H and O–H groups in total. The van der Waals surface area contributed by atoms with Crippen LogP contribution in [0.15, 0.2) is 29.2 Å². The van der Waals surface area contributed by atoms with Gasteiger partial charge in [0, 0.05) is 0 Å². The minimum Gasteiger partial charge on any atom is -0.426 e. The molecule has 0 saturated carbocycles. The van der Waals surface area contributed by atoms with E-state index in [4.69, 9.17) is 9.29 Å². The summed E-state index contributed by atoms with van der Waals surface area (Å²) in [6, 6.07) is 4.96. The number of carbonyl (C=O) groups is 1. The van der Waals surface area contributed by atoms with Gasteiger partial charge in [0.15, 0.2) is 0 Å². The number of hydrogen-bond donors (Lipinski definition) is 1. The van der Waals surface area contributed by atoms with Crippen molar-refractivity contribution >= 4 is 16.1 Å². The van der Waals surface area contributed by atoms with Gasteiger partial charge in [0.2, 0.25) is 0 Å². The molecule has 1 rings (SSSR count). The van der Waals surface area contributed by atoms with E-state index < -0.39 is 21.5 Å². The third-order valence-electron chi connectivity index (χ3n) is 1.94. The van der Waals surface area contributed by atoms with Crippen molar-refractivity contribution in [1.29, 1.82) is 0 Å². The fourth-order valence-corrected chi connectivity index (χ4v) is 1.42. The molecule has 0 unspecified atom stereocenters. The lowest BCUT2D eigenvalue weighted by Crippen LogP contribution is -2.25. The van der Waals surface area contributed by atoms with Crippen LogP contribution < -0.4 is 4.74 Å². The Morgan fingerprint density at radius 2 is 1.65 bits per heavy atom. The predicted molar refractivity (Wildman–Crippen MR) is 61.3 cm³/mol. The Morgan fingerprint density at radius 3 is 2.00 bits per heavy atom. The summed E-state index contributed by atoms with van der Waals surface area (Å²) in [6.07, 6.45) is 0. The second-order valence-electron chi connectivity index (χ2n) is 4.59. The number of carbonyl (C=O) groups excluding carboxylic acids is 1. The third kappa shape index (κ3) is 3.83.